The molecule has 0 aliphatic heterocycles. The number of nitrogens with one attached hydrogen (secondary N) is 2. The molecule has 1 aromatic carbocycles. The average Bonchev–Trinajstić information content (AvgIpc) is 3.07. The molecule has 8 nitrogen and oxygen atoms in total. The Morgan fingerprint density at radius 1 is 1.41 bits per heavy atom. The number of aromatic nitrogens is 1. The first-order chi connectivity index (χ1) is 12.8. The molecule has 27 heavy (non-hydrogen) atoms. The van der Waals surface area contributed by atoms with E-state index in [0.29, 0.717) is 22.9 Å². The van der Waals surface area contributed by atoms with Crippen LogP contribution in [0.3, 0.4) is 0 Å². The van der Waals surface area contributed by atoms with Crippen molar-refractivity contribution in [1.29, 1.82) is 5.26 Å². The van der Waals surface area contributed by atoms with Crippen molar-refractivity contribution in [1.82, 2.24) is 9.88 Å². The van der Waals surface area contributed by atoms with Gasteiger partial charge in [-0.05, 0) is 24.5 Å². The zero-order valence-corrected chi connectivity index (χ0v) is 16.1. The van der Waals surface area contributed by atoms with E-state index in [-0.39, 0.29) is 11.8 Å². The molecule has 0 bridgehead atoms. The SMILES string of the molecule is CC(C)C[C@H](Nc1nc(-c2cccc(NC(=O)O)c2)cs1)C(=O)N(C)C#N. The van der Waals surface area contributed by atoms with Crippen LogP contribution in [0.4, 0.5) is 15.6 Å². The molecule has 0 aliphatic rings. The summed E-state index contributed by atoms with van der Waals surface area (Å²) in [4.78, 5) is 28.7. The molecule has 2 amide bonds. The standard InChI is InChI=1S/C18H21N5O3S/c1-11(2)7-14(16(24)23(3)10-19)21-17-22-15(9-27-17)12-5-4-6-13(8-12)20-18(25)26/h4-6,8-9,11,14,20H,7H2,1-3H3,(H,21,22)(H,25,26)/t14-/m0/s1. The molecule has 9 heteroatoms. The maximum atomic E-state index is 12.4. The summed E-state index contributed by atoms with van der Waals surface area (Å²) in [5.74, 6) is -0.0487. The van der Waals surface area contributed by atoms with E-state index < -0.39 is 12.1 Å². The molecule has 0 unspecified atom stereocenters. The van der Waals surface area contributed by atoms with Crippen LogP contribution in [0, 0.1) is 17.4 Å². The van der Waals surface area contributed by atoms with Gasteiger partial charge in [0, 0.05) is 23.7 Å². The zero-order valence-electron chi connectivity index (χ0n) is 15.3. The van der Waals surface area contributed by atoms with E-state index in [1.165, 1.54) is 18.4 Å². The fraction of sp³-hybridized carbons (Fsp3) is 0.333. The van der Waals surface area contributed by atoms with Crippen molar-refractivity contribution in [2.45, 2.75) is 26.3 Å². The van der Waals surface area contributed by atoms with E-state index in [4.69, 9.17) is 10.4 Å². The van der Waals surface area contributed by atoms with E-state index in [1.54, 1.807) is 18.2 Å². The monoisotopic (exact) mass is 387 g/mol. The molecule has 0 spiro atoms. The fourth-order valence-electron chi connectivity index (χ4n) is 2.48. The van der Waals surface area contributed by atoms with Crippen LogP contribution in [0.1, 0.15) is 20.3 Å². The number of carbonyl (C=O) groups is 2. The first-order valence-corrected chi connectivity index (χ1v) is 9.18. The van der Waals surface area contributed by atoms with Crippen molar-refractivity contribution >= 4 is 34.2 Å². The summed E-state index contributed by atoms with van der Waals surface area (Å²) < 4.78 is 0. The summed E-state index contributed by atoms with van der Waals surface area (Å²) in [5, 5.41) is 25.6. The predicted octanol–water partition coefficient (Wildman–Crippen LogP) is 3.67. The topological polar surface area (TPSA) is 118 Å². The largest absolute Gasteiger partial charge is 0.465 e. The van der Waals surface area contributed by atoms with Gasteiger partial charge in [-0.2, -0.15) is 5.26 Å². The van der Waals surface area contributed by atoms with Crippen molar-refractivity contribution in [3.8, 4) is 17.5 Å². The van der Waals surface area contributed by atoms with Crippen LogP contribution in [0.5, 0.6) is 0 Å². The fourth-order valence-corrected chi connectivity index (χ4v) is 3.25. The molecule has 0 aliphatic carbocycles. The van der Waals surface area contributed by atoms with Gasteiger partial charge in [0.1, 0.15) is 6.04 Å². The van der Waals surface area contributed by atoms with Crippen LogP contribution in [-0.2, 0) is 4.79 Å². The summed E-state index contributed by atoms with van der Waals surface area (Å²) >= 11 is 1.34. The van der Waals surface area contributed by atoms with Gasteiger partial charge >= 0.3 is 6.09 Å². The second-order valence-electron chi connectivity index (χ2n) is 6.37. The third-order valence-electron chi connectivity index (χ3n) is 3.70. The number of anilines is 2. The number of nitrogens with zero attached hydrogens (tertiary/aromatic N) is 3. The molecular formula is C18H21N5O3S. The molecule has 1 atom stereocenters. The summed E-state index contributed by atoms with van der Waals surface area (Å²) in [7, 11) is 1.44. The van der Waals surface area contributed by atoms with Crippen LogP contribution < -0.4 is 10.6 Å². The molecule has 1 heterocycles. The number of amides is 2. The Kier molecular flexibility index (Phi) is 6.73. The van der Waals surface area contributed by atoms with Gasteiger partial charge in [-0.25, -0.2) is 9.78 Å². The second kappa shape index (κ2) is 9.00. The van der Waals surface area contributed by atoms with Crippen LogP contribution >= 0.6 is 11.3 Å². The molecule has 2 rings (SSSR count). The van der Waals surface area contributed by atoms with Crippen molar-refractivity contribution in [3.05, 3.63) is 29.6 Å². The molecule has 1 aromatic heterocycles. The molecule has 3 N–H and O–H groups in total. The number of hydrogen-bond acceptors (Lipinski definition) is 6. The minimum absolute atomic E-state index is 0.261. The Bertz CT molecular complexity index is 859. The third kappa shape index (κ3) is 5.69. The molecule has 0 saturated carbocycles. The first kappa shape index (κ1) is 20.2. The predicted molar refractivity (Wildman–Crippen MR) is 104 cm³/mol. The van der Waals surface area contributed by atoms with Gasteiger partial charge < -0.3 is 10.4 Å². The van der Waals surface area contributed by atoms with Crippen LogP contribution in [-0.4, -0.2) is 40.1 Å². The minimum atomic E-state index is -1.13. The number of likely N-dealkylation sites (N-methyl/N-ethyl adjacent to an activating group) is 1. The molecule has 142 valence electrons. The highest BCUT2D eigenvalue weighted by atomic mass is 32.1. The summed E-state index contributed by atoms with van der Waals surface area (Å²) in [6.07, 6.45) is 1.26. The number of carboxylic acid groups (broad SMARTS) is 1. The van der Waals surface area contributed by atoms with Crippen molar-refractivity contribution in [2.24, 2.45) is 5.92 Å². The van der Waals surface area contributed by atoms with Crippen LogP contribution in [0.15, 0.2) is 29.6 Å². The van der Waals surface area contributed by atoms with E-state index in [9.17, 15) is 9.59 Å². The first-order valence-electron chi connectivity index (χ1n) is 8.30. The van der Waals surface area contributed by atoms with Crippen molar-refractivity contribution in [2.75, 3.05) is 17.7 Å². The van der Waals surface area contributed by atoms with E-state index in [2.05, 4.69) is 15.6 Å². The Balaban J connectivity index is 2.19. The number of carbonyl (C=O) groups excluding carboxylic acids is 1. The molecule has 0 fully saturated rings. The second-order valence-corrected chi connectivity index (χ2v) is 7.23. The van der Waals surface area contributed by atoms with Crippen molar-refractivity contribution in [3.63, 3.8) is 0 Å². The molecular weight excluding hydrogens is 366 g/mol. The van der Waals surface area contributed by atoms with Gasteiger partial charge in [0.15, 0.2) is 11.3 Å². The van der Waals surface area contributed by atoms with Gasteiger partial charge in [0.05, 0.1) is 5.69 Å². The number of thiazole rings is 1. The van der Waals surface area contributed by atoms with E-state index in [0.717, 1.165) is 10.5 Å². The highest BCUT2D eigenvalue weighted by Crippen LogP contribution is 2.28. The summed E-state index contributed by atoms with van der Waals surface area (Å²) in [5.41, 5.74) is 1.87. The van der Waals surface area contributed by atoms with Crippen molar-refractivity contribution < 1.29 is 14.7 Å². The van der Waals surface area contributed by atoms with Gasteiger partial charge in [0.25, 0.3) is 5.91 Å². The number of nitriles is 1. The normalized spacial score (nSPS) is 11.5. The minimum Gasteiger partial charge on any atom is -0.465 e. The Hall–Kier alpha value is -3.12. The Labute approximate surface area is 161 Å². The summed E-state index contributed by atoms with van der Waals surface area (Å²) in [6.45, 7) is 4.01. The average molecular weight is 387 g/mol. The number of rotatable bonds is 7. The summed E-state index contributed by atoms with van der Waals surface area (Å²) in [6, 6.07) is 6.35. The van der Waals surface area contributed by atoms with Gasteiger partial charge in [-0.1, -0.05) is 26.0 Å². The highest BCUT2D eigenvalue weighted by Gasteiger charge is 2.24. The molecule has 0 saturated heterocycles. The maximum Gasteiger partial charge on any atom is 0.409 e. The lowest BCUT2D eigenvalue weighted by Crippen LogP contribution is -2.39. The van der Waals surface area contributed by atoms with Gasteiger partial charge in [-0.3, -0.25) is 15.0 Å². The quantitative estimate of drug-likeness (QED) is 0.493. The lowest BCUT2D eigenvalue weighted by Gasteiger charge is -2.21. The lowest BCUT2D eigenvalue weighted by molar-refractivity contribution is -0.128. The lowest BCUT2D eigenvalue weighted by atomic mass is 10.0. The number of hydrogen-bond donors (Lipinski definition) is 3. The van der Waals surface area contributed by atoms with Crippen LogP contribution in [0.2, 0.25) is 0 Å². The van der Waals surface area contributed by atoms with E-state index in [1.807, 2.05) is 31.5 Å². The third-order valence-corrected chi connectivity index (χ3v) is 4.47. The Morgan fingerprint density at radius 3 is 2.78 bits per heavy atom. The Morgan fingerprint density at radius 2 is 2.15 bits per heavy atom. The smallest absolute Gasteiger partial charge is 0.409 e. The highest BCUT2D eigenvalue weighted by molar-refractivity contribution is 7.14. The van der Waals surface area contributed by atoms with Gasteiger partial charge in [-0.15, -0.1) is 11.3 Å². The molecule has 0 radical (unpaired) electrons. The zero-order chi connectivity index (χ0) is 20.0. The van der Waals surface area contributed by atoms with Crippen LogP contribution in [0.25, 0.3) is 11.3 Å². The van der Waals surface area contributed by atoms with E-state index >= 15 is 0 Å². The van der Waals surface area contributed by atoms with Gasteiger partial charge in [0.2, 0.25) is 0 Å². The number of benzene rings is 1. The maximum absolute atomic E-state index is 12.4. The molecule has 2 aromatic rings.